The molecule has 0 aliphatic carbocycles. The monoisotopic (exact) mass is 373 g/mol. The lowest BCUT2D eigenvalue weighted by molar-refractivity contribution is -0.137. The molecule has 0 amide bonds. The van der Waals surface area contributed by atoms with Gasteiger partial charge in [0.05, 0.1) is 11.4 Å². The number of anilines is 1. The Morgan fingerprint density at radius 3 is 1.74 bits per heavy atom. The molecule has 0 bridgehead atoms. The SMILES string of the molecule is C=Cc1cc(C=C)nc(NCCCCCCCCCCCCCC(=O)O)n1. The first-order valence-electron chi connectivity index (χ1n) is 10.3. The molecule has 1 aromatic rings. The Bertz CT molecular complexity index is 546. The third kappa shape index (κ3) is 11.9. The summed E-state index contributed by atoms with van der Waals surface area (Å²) in [4.78, 5) is 19.2. The van der Waals surface area contributed by atoms with Gasteiger partial charge in [-0.2, -0.15) is 0 Å². The molecule has 0 aromatic carbocycles. The molecular formula is C22H35N3O2. The normalized spacial score (nSPS) is 10.5. The average Bonchev–Trinajstić information content (AvgIpc) is 2.67. The topological polar surface area (TPSA) is 75.1 Å². The Morgan fingerprint density at radius 1 is 0.852 bits per heavy atom. The number of hydrogen-bond donors (Lipinski definition) is 2. The van der Waals surface area contributed by atoms with Gasteiger partial charge in [-0.25, -0.2) is 9.97 Å². The zero-order valence-electron chi connectivity index (χ0n) is 16.6. The van der Waals surface area contributed by atoms with Crippen molar-refractivity contribution in [2.45, 2.75) is 77.0 Å². The summed E-state index contributed by atoms with van der Waals surface area (Å²) < 4.78 is 0. The molecule has 0 spiro atoms. The molecule has 5 heteroatoms. The molecule has 0 aliphatic rings. The van der Waals surface area contributed by atoms with Crippen LogP contribution in [0, 0.1) is 0 Å². The zero-order valence-corrected chi connectivity index (χ0v) is 16.6. The first-order chi connectivity index (χ1) is 13.2. The number of aliphatic carboxylic acids is 1. The van der Waals surface area contributed by atoms with E-state index in [1.54, 1.807) is 12.2 Å². The number of carboxylic acids is 1. The summed E-state index contributed by atoms with van der Waals surface area (Å²) in [5.41, 5.74) is 1.62. The summed E-state index contributed by atoms with van der Waals surface area (Å²) in [7, 11) is 0. The van der Waals surface area contributed by atoms with Crippen LogP contribution in [-0.4, -0.2) is 27.6 Å². The summed E-state index contributed by atoms with van der Waals surface area (Å²) >= 11 is 0. The summed E-state index contributed by atoms with van der Waals surface area (Å²) in [6, 6.07) is 1.86. The fourth-order valence-corrected chi connectivity index (χ4v) is 2.97. The van der Waals surface area contributed by atoms with E-state index < -0.39 is 5.97 Å². The average molecular weight is 374 g/mol. The fourth-order valence-electron chi connectivity index (χ4n) is 2.97. The lowest BCUT2D eigenvalue weighted by Crippen LogP contribution is -2.06. The molecule has 0 saturated carbocycles. The first kappa shape index (κ1) is 22.9. The highest BCUT2D eigenvalue weighted by Gasteiger charge is 2.00. The van der Waals surface area contributed by atoms with Crippen LogP contribution in [0.25, 0.3) is 12.2 Å². The minimum Gasteiger partial charge on any atom is -0.481 e. The van der Waals surface area contributed by atoms with Crippen LogP contribution in [0.1, 0.15) is 88.4 Å². The van der Waals surface area contributed by atoms with Crippen LogP contribution in [0.15, 0.2) is 19.2 Å². The van der Waals surface area contributed by atoms with Gasteiger partial charge in [-0.15, -0.1) is 0 Å². The predicted molar refractivity (Wildman–Crippen MR) is 114 cm³/mol. The van der Waals surface area contributed by atoms with Crippen molar-refractivity contribution in [3.05, 3.63) is 30.6 Å². The summed E-state index contributed by atoms with van der Waals surface area (Å²) in [6.07, 6.45) is 16.8. The number of rotatable bonds is 17. The molecule has 0 fully saturated rings. The standard InChI is InChI=1S/C22H35N3O2/c1-3-19-18-20(4-2)25-22(24-19)23-17-15-13-11-9-7-5-6-8-10-12-14-16-21(26)27/h3-4,18H,1-2,5-17H2,(H,26,27)(H,23,24,25). The van der Waals surface area contributed by atoms with Crippen LogP contribution in [0.5, 0.6) is 0 Å². The van der Waals surface area contributed by atoms with Crippen LogP contribution in [0.4, 0.5) is 5.95 Å². The van der Waals surface area contributed by atoms with Gasteiger partial charge in [0.2, 0.25) is 5.95 Å². The van der Waals surface area contributed by atoms with Gasteiger partial charge in [-0.1, -0.05) is 70.9 Å². The first-order valence-corrected chi connectivity index (χ1v) is 10.3. The maximum Gasteiger partial charge on any atom is 0.303 e. The lowest BCUT2D eigenvalue weighted by atomic mass is 10.1. The van der Waals surface area contributed by atoms with E-state index in [9.17, 15) is 4.79 Å². The van der Waals surface area contributed by atoms with Gasteiger partial charge in [0.25, 0.3) is 0 Å². The Labute approximate surface area is 164 Å². The summed E-state index contributed by atoms with van der Waals surface area (Å²) in [5, 5.41) is 11.9. The highest BCUT2D eigenvalue weighted by molar-refractivity contribution is 5.66. The quantitative estimate of drug-likeness (QED) is 0.330. The molecule has 0 radical (unpaired) electrons. The molecule has 0 atom stereocenters. The number of nitrogens with one attached hydrogen (secondary N) is 1. The highest BCUT2D eigenvalue weighted by Crippen LogP contribution is 2.12. The van der Waals surface area contributed by atoms with Gasteiger partial charge in [-0.3, -0.25) is 4.79 Å². The maximum absolute atomic E-state index is 10.4. The van der Waals surface area contributed by atoms with Crippen LogP contribution < -0.4 is 5.32 Å². The third-order valence-corrected chi connectivity index (χ3v) is 4.53. The van der Waals surface area contributed by atoms with Crippen LogP contribution in [0.3, 0.4) is 0 Å². The van der Waals surface area contributed by atoms with Crippen molar-refractivity contribution in [1.82, 2.24) is 9.97 Å². The minimum atomic E-state index is -0.676. The largest absolute Gasteiger partial charge is 0.481 e. The van der Waals surface area contributed by atoms with Gasteiger partial charge in [0.15, 0.2) is 0 Å². The highest BCUT2D eigenvalue weighted by atomic mass is 16.4. The van der Waals surface area contributed by atoms with E-state index >= 15 is 0 Å². The number of nitrogens with zero attached hydrogens (tertiary/aromatic N) is 2. The second kappa shape index (κ2) is 14.9. The van der Waals surface area contributed by atoms with Crippen molar-refractivity contribution < 1.29 is 9.90 Å². The molecule has 1 aromatic heterocycles. The van der Waals surface area contributed by atoms with Crippen LogP contribution in [0.2, 0.25) is 0 Å². The van der Waals surface area contributed by atoms with Crippen molar-refractivity contribution in [2.75, 3.05) is 11.9 Å². The van der Waals surface area contributed by atoms with Crippen molar-refractivity contribution in [3.63, 3.8) is 0 Å². The van der Waals surface area contributed by atoms with Gasteiger partial charge in [0, 0.05) is 13.0 Å². The smallest absolute Gasteiger partial charge is 0.303 e. The van der Waals surface area contributed by atoms with Crippen molar-refractivity contribution in [2.24, 2.45) is 0 Å². The Kier molecular flexibility index (Phi) is 12.7. The van der Waals surface area contributed by atoms with Crippen LogP contribution >= 0.6 is 0 Å². The van der Waals surface area contributed by atoms with Gasteiger partial charge in [0.1, 0.15) is 0 Å². The lowest BCUT2D eigenvalue weighted by Gasteiger charge is -2.07. The third-order valence-electron chi connectivity index (χ3n) is 4.53. The van der Waals surface area contributed by atoms with E-state index in [2.05, 4.69) is 28.4 Å². The molecule has 0 saturated heterocycles. The van der Waals surface area contributed by atoms with Crippen LogP contribution in [-0.2, 0) is 4.79 Å². The van der Waals surface area contributed by atoms with Gasteiger partial charge in [-0.05, 0) is 31.1 Å². The molecule has 5 nitrogen and oxygen atoms in total. The van der Waals surface area contributed by atoms with Crippen molar-refractivity contribution in [3.8, 4) is 0 Å². The summed E-state index contributed by atoms with van der Waals surface area (Å²) in [5.74, 6) is -0.0322. The number of hydrogen-bond acceptors (Lipinski definition) is 4. The van der Waals surface area contributed by atoms with E-state index in [-0.39, 0.29) is 0 Å². The van der Waals surface area contributed by atoms with E-state index in [0.29, 0.717) is 12.4 Å². The van der Waals surface area contributed by atoms with Crippen molar-refractivity contribution in [1.29, 1.82) is 0 Å². The Hall–Kier alpha value is -2.17. The number of carboxylic acid groups (broad SMARTS) is 1. The molecule has 1 heterocycles. The van der Waals surface area contributed by atoms with E-state index in [1.165, 1.54) is 51.4 Å². The second-order valence-corrected chi connectivity index (χ2v) is 6.91. The van der Waals surface area contributed by atoms with E-state index in [1.807, 2.05) is 6.07 Å². The second-order valence-electron chi connectivity index (χ2n) is 6.91. The summed E-state index contributed by atoms with van der Waals surface area (Å²) in [6.45, 7) is 8.38. The molecule has 0 unspecified atom stereocenters. The van der Waals surface area contributed by atoms with E-state index in [4.69, 9.17) is 5.11 Å². The fraction of sp³-hybridized carbons (Fsp3) is 0.591. The van der Waals surface area contributed by atoms with E-state index in [0.717, 1.165) is 37.2 Å². The molecule has 2 N–H and O–H groups in total. The Morgan fingerprint density at radius 2 is 1.30 bits per heavy atom. The molecule has 150 valence electrons. The zero-order chi connectivity index (χ0) is 19.7. The molecule has 0 aliphatic heterocycles. The Balaban J connectivity index is 1.94. The number of unbranched alkanes of at least 4 members (excludes halogenated alkanes) is 10. The van der Waals surface area contributed by atoms with Gasteiger partial charge >= 0.3 is 5.97 Å². The molecular weight excluding hydrogens is 338 g/mol. The van der Waals surface area contributed by atoms with Gasteiger partial charge < -0.3 is 10.4 Å². The number of aromatic nitrogens is 2. The maximum atomic E-state index is 10.4. The molecule has 1 rings (SSSR count). The minimum absolute atomic E-state index is 0.316. The molecule has 27 heavy (non-hydrogen) atoms. The van der Waals surface area contributed by atoms with Crippen molar-refractivity contribution >= 4 is 24.1 Å². The predicted octanol–water partition coefficient (Wildman–Crippen LogP) is 5.94. The number of carbonyl (C=O) groups is 1.